The molecule has 244 valence electrons. The second-order valence-corrected chi connectivity index (χ2v) is 9.69. The van der Waals surface area contributed by atoms with Gasteiger partial charge in [0, 0.05) is 11.1 Å². The van der Waals surface area contributed by atoms with Gasteiger partial charge in [0.25, 0.3) is 0 Å². The molecule has 0 amide bonds. The quantitative estimate of drug-likeness (QED) is 0.125. The van der Waals surface area contributed by atoms with Crippen molar-refractivity contribution in [2.24, 2.45) is 0 Å². The highest BCUT2D eigenvalue weighted by atomic mass is 16.7. The number of benzene rings is 2. The topological polar surface area (TPSA) is 251 Å². The normalized spacial score (nSPS) is 31.6. The summed E-state index contributed by atoms with van der Waals surface area (Å²) >= 11 is 0. The van der Waals surface area contributed by atoms with Crippen molar-refractivity contribution in [3.05, 3.63) is 47.5 Å². The van der Waals surface area contributed by atoms with Gasteiger partial charge in [-0.2, -0.15) is 0 Å². The Kier molecular flexibility index (Phi) is 12.8. The number of methoxy groups -OCH3 is 2. The standard InChI is InChI=1S/2C14H18O8/c2*1-20-9-4-7(5-15)2-3-8(9)21-14-13(19)12(18)11(17)10(6-16)22-14/h2*2-5,10-14,16-19H,6H2,1H3/t2*10-,11-,12+,13-,14-/m11/s1. The van der Waals surface area contributed by atoms with Crippen molar-refractivity contribution in [1.29, 1.82) is 0 Å². The zero-order valence-corrected chi connectivity index (χ0v) is 23.7. The Balaban J connectivity index is 0.000000240. The minimum atomic E-state index is -1.53. The molecule has 2 fully saturated rings. The van der Waals surface area contributed by atoms with Crippen LogP contribution in [0.15, 0.2) is 36.4 Å². The third-order valence-electron chi connectivity index (χ3n) is 6.83. The van der Waals surface area contributed by atoms with Crippen molar-refractivity contribution in [1.82, 2.24) is 0 Å². The highest BCUT2D eigenvalue weighted by Crippen LogP contribution is 2.33. The number of aliphatic hydroxyl groups excluding tert-OH is 8. The van der Waals surface area contributed by atoms with Gasteiger partial charge in [0.2, 0.25) is 12.6 Å². The second kappa shape index (κ2) is 16.1. The van der Waals surface area contributed by atoms with Crippen LogP contribution in [0.5, 0.6) is 23.0 Å². The maximum absolute atomic E-state index is 10.7. The second-order valence-electron chi connectivity index (χ2n) is 9.69. The van der Waals surface area contributed by atoms with Gasteiger partial charge >= 0.3 is 0 Å². The fourth-order valence-corrected chi connectivity index (χ4v) is 4.29. The minimum Gasteiger partial charge on any atom is -0.493 e. The van der Waals surface area contributed by atoms with Gasteiger partial charge < -0.3 is 69.3 Å². The Morgan fingerprint density at radius 2 is 0.955 bits per heavy atom. The fourth-order valence-electron chi connectivity index (χ4n) is 4.29. The van der Waals surface area contributed by atoms with Crippen LogP contribution in [0.2, 0.25) is 0 Å². The molecule has 16 nitrogen and oxygen atoms in total. The van der Waals surface area contributed by atoms with Gasteiger partial charge in [-0.1, -0.05) is 0 Å². The van der Waals surface area contributed by atoms with Gasteiger partial charge in [-0.3, -0.25) is 9.59 Å². The van der Waals surface area contributed by atoms with Crippen molar-refractivity contribution < 1.29 is 78.9 Å². The smallest absolute Gasteiger partial charge is 0.229 e. The number of hydrogen-bond donors (Lipinski definition) is 8. The lowest BCUT2D eigenvalue weighted by Gasteiger charge is -2.39. The van der Waals surface area contributed by atoms with Gasteiger partial charge in [0.15, 0.2) is 23.0 Å². The zero-order valence-electron chi connectivity index (χ0n) is 23.7. The Labute approximate surface area is 251 Å². The van der Waals surface area contributed by atoms with Crippen LogP contribution in [0.4, 0.5) is 0 Å². The van der Waals surface area contributed by atoms with E-state index in [-0.39, 0.29) is 23.0 Å². The van der Waals surface area contributed by atoms with Crippen LogP contribution in [0.3, 0.4) is 0 Å². The van der Waals surface area contributed by atoms with E-state index in [2.05, 4.69) is 0 Å². The number of hydrogen-bond acceptors (Lipinski definition) is 16. The molecule has 0 radical (unpaired) electrons. The summed E-state index contributed by atoms with van der Waals surface area (Å²) in [6, 6.07) is 8.73. The van der Waals surface area contributed by atoms with E-state index in [0.29, 0.717) is 23.7 Å². The van der Waals surface area contributed by atoms with Crippen LogP contribution >= 0.6 is 0 Å². The summed E-state index contributed by atoms with van der Waals surface area (Å²) in [4.78, 5) is 21.5. The average Bonchev–Trinajstić information content (AvgIpc) is 3.05. The molecule has 16 heteroatoms. The van der Waals surface area contributed by atoms with E-state index in [4.69, 9.17) is 38.6 Å². The maximum Gasteiger partial charge on any atom is 0.229 e. The molecule has 2 aromatic carbocycles. The number of carbonyl (C=O) groups excluding carboxylic acids is 2. The predicted molar refractivity (Wildman–Crippen MR) is 146 cm³/mol. The maximum atomic E-state index is 10.7. The number of carbonyl (C=O) groups is 2. The van der Waals surface area contributed by atoms with E-state index in [9.17, 15) is 40.2 Å². The number of rotatable bonds is 10. The molecule has 0 bridgehead atoms. The first-order valence-corrected chi connectivity index (χ1v) is 13.2. The van der Waals surface area contributed by atoms with Crippen molar-refractivity contribution in [3.8, 4) is 23.0 Å². The molecule has 2 saturated heterocycles. The Morgan fingerprint density at radius 3 is 1.25 bits per heavy atom. The lowest BCUT2D eigenvalue weighted by atomic mass is 9.99. The largest absolute Gasteiger partial charge is 0.493 e. The van der Waals surface area contributed by atoms with E-state index < -0.39 is 74.6 Å². The summed E-state index contributed by atoms with van der Waals surface area (Å²) in [7, 11) is 2.76. The monoisotopic (exact) mass is 628 g/mol. The van der Waals surface area contributed by atoms with E-state index >= 15 is 0 Å². The van der Waals surface area contributed by atoms with Gasteiger partial charge in [-0.05, 0) is 36.4 Å². The molecular weight excluding hydrogens is 592 g/mol. The molecule has 0 aliphatic carbocycles. The summed E-state index contributed by atoms with van der Waals surface area (Å²) in [6.45, 7) is -1.10. The first kappa shape index (κ1) is 35.1. The van der Waals surface area contributed by atoms with Crippen molar-refractivity contribution in [2.45, 2.75) is 61.4 Å². The number of ether oxygens (including phenoxy) is 6. The Morgan fingerprint density at radius 1 is 0.591 bits per heavy atom. The van der Waals surface area contributed by atoms with E-state index in [1.807, 2.05) is 0 Å². The van der Waals surface area contributed by atoms with Crippen molar-refractivity contribution >= 4 is 12.6 Å². The third-order valence-corrected chi connectivity index (χ3v) is 6.83. The fraction of sp³-hybridized carbons (Fsp3) is 0.500. The number of aliphatic hydroxyl groups is 8. The van der Waals surface area contributed by atoms with Crippen LogP contribution in [0.25, 0.3) is 0 Å². The van der Waals surface area contributed by atoms with E-state index in [1.54, 1.807) is 0 Å². The average molecular weight is 629 g/mol. The first-order valence-electron chi connectivity index (χ1n) is 13.2. The summed E-state index contributed by atoms with van der Waals surface area (Å²) in [6.07, 6.45) is -12.5. The Bertz CT molecular complexity index is 1130. The predicted octanol–water partition coefficient (Wildman–Crippen LogP) is -2.63. The first-order chi connectivity index (χ1) is 21.0. The summed E-state index contributed by atoms with van der Waals surface area (Å²) in [5.74, 6) is 0.831. The third kappa shape index (κ3) is 7.99. The van der Waals surface area contributed by atoms with Gasteiger partial charge in [0.1, 0.15) is 61.4 Å². The van der Waals surface area contributed by atoms with Crippen molar-refractivity contribution in [3.63, 3.8) is 0 Å². The zero-order chi connectivity index (χ0) is 32.6. The molecule has 2 heterocycles. The highest BCUT2D eigenvalue weighted by Gasteiger charge is 2.46. The molecule has 44 heavy (non-hydrogen) atoms. The van der Waals surface area contributed by atoms with Crippen LogP contribution in [0.1, 0.15) is 20.7 Å². The van der Waals surface area contributed by atoms with Crippen LogP contribution < -0.4 is 18.9 Å². The molecule has 0 saturated carbocycles. The van der Waals surface area contributed by atoms with Crippen LogP contribution in [-0.4, -0.2) is 142 Å². The minimum absolute atomic E-state index is 0.178. The molecule has 2 aliphatic rings. The molecule has 4 rings (SSSR count). The molecule has 10 atom stereocenters. The molecule has 0 unspecified atom stereocenters. The summed E-state index contributed by atoms with van der Waals surface area (Å²) in [5.41, 5.74) is 0.746. The van der Waals surface area contributed by atoms with E-state index in [0.717, 1.165) is 0 Å². The molecule has 8 N–H and O–H groups in total. The molecule has 0 spiro atoms. The van der Waals surface area contributed by atoms with Crippen LogP contribution in [-0.2, 0) is 9.47 Å². The van der Waals surface area contributed by atoms with E-state index in [1.165, 1.54) is 50.6 Å². The lowest BCUT2D eigenvalue weighted by molar-refractivity contribution is -0.277. The van der Waals surface area contributed by atoms with Gasteiger partial charge in [-0.15, -0.1) is 0 Å². The lowest BCUT2D eigenvalue weighted by Crippen LogP contribution is -2.60. The van der Waals surface area contributed by atoms with Crippen molar-refractivity contribution in [2.75, 3.05) is 27.4 Å². The summed E-state index contributed by atoms with van der Waals surface area (Å²) < 4.78 is 31.5. The highest BCUT2D eigenvalue weighted by molar-refractivity contribution is 5.77. The molecule has 2 aliphatic heterocycles. The Hall–Kier alpha value is -3.42. The van der Waals surface area contributed by atoms with Crippen LogP contribution in [0, 0.1) is 0 Å². The molecular formula is C28H36O16. The molecule has 0 aromatic heterocycles. The summed E-state index contributed by atoms with van der Waals surface area (Å²) in [5, 5.41) is 76.9. The van der Waals surface area contributed by atoms with Gasteiger partial charge in [-0.25, -0.2) is 0 Å². The number of aldehydes is 2. The molecule has 2 aromatic rings. The SMILES string of the molecule is COc1cc(C=O)ccc1O[C@@H]1O[C@H](CO)[C@@H](O)[C@H](O)[C@H]1O.COc1cc(C=O)ccc1O[C@@H]1O[C@H](CO)[C@@H](O)[C@H](O)[C@H]1O. The van der Waals surface area contributed by atoms with Gasteiger partial charge in [0.05, 0.1) is 27.4 Å².